The fourth-order valence-corrected chi connectivity index (χ4v) is 5.12. The van der Waals surface area contributed by atoms with Crippen molar-refractivity contribution in [3.63, 3.8) is 0 Å². The minimum Gasteiger partial charge on any atom is -0.548 e. The van der Waals surface area contributed by atoms with Gasteiger partial charge in [-0.3, -0.25) is 4.79 Å². The Morgan fingerprint density at radius 2 is 2.00 bits per heavy atom. The molecule has 1 aliphatic rings. The van der Waals surface area contributed by atoms with Gasteiger partial charge < -0.3 is 15.2 Å². The number of rotatable bonds is 8. The molecule has 144 valence electrons. The lowest BCUT2D eigenvalue weighted by Crippen LogP contribution is -2.48. The molecule has 1 aliphatic heterocycles. The van der Waals surface area contributed by atoms with E-state index < -0.39 is 27.9 Å². The van der Waals surface area contributed by atoms with Crippen LogP contribution in [0.25, 0.3) is 0 Å². The van der Waals surface area contributed by atoms with Crippen LogP contribution in [0, 0.1) is 0 Å². The Labute approximate surface area is 162 Å². The normalized spacial score (nSPS) is 16.4. The molecule has 1 saturated heterocycles. The summed E-state index contributed by atoms with van der Waals surface area (Å²) >= 11 is 7.49. The van der Waals surface area contributed by atoms with Gasteiger partial charge in [0.25, 0.3) is 5.91 Å². The minimum absolute atomic E-state index is 0.0206. The van der Waals surface area contributed by atoms with Gasteiger partial charge in [0.2, 0.25) is 10.0 Å². The first-order valence-corrected chi connectivity index (χ1v) is 11.3. The highest BCUT2D eigenvalue weighted by Crippen LogP contribution is 2.28. The number of nitrogens with one attached hydrogen (secondary N) is 1. The predicted molar refractivity (Wildman–Crippen MR) is 98.7 cm³/mol. The molecule has 1 aromatic rings. The third-order valence-corrected chi connectivity index (χ3v) is 7.10. The maximum absolute atomic E-state index is 12.7. The van der Waals surface area contributed by atoms with Crippen molar-refractivity contribution in [1.82, 2.24) is 9.62 Å². The second kappa shape index (κ2) is 9.07. The third kappa shape index (κ3) is 4.91. The van der Waals surface area contributed by atoms with Crippen molar-refractivity contribution < 1.29 is 23.1 Å². The van der Waals surface area contributed by atoms with E-state index in [2.05, 4.69) is 5.32 Å². The number of thioether (sulfide) groups is 1. The van der Waals surface area contributed by atoms with Gasteiger partial charge in [-0.1, -0.05) is 11.6 Å². The van der Waals surface area contributed by atoms with Gasteiger partial charge in [0.1, 0.15) is 4.90 Å². The van der Waals surface area contributed by atoms with Gasteiger partial charge in [-0.15, -0.1) is 0 Å². The van der Waals surface area contributed by atoms with Gasteiger partial charge in [-0.2, -0.15) is 16.1 Å². The molecule has 0 saturated carbocycles. The molecule has 1 fully saturated rings. The van der Waals surface area contributed by atoms with Crippen molar-refractivity contribution >= 4 is 45.3 Å². The molecule has 10 heteroatoms. The van der Waals surface area contributed by atoms with Crippen LogP contribution in [0.4, 0.5) is 0 Å². The summed E-state index contributed by atoms with van der Waals surface area (Å²) in [6.45, 7) is 0.826. The molecule has 1 N–H and O–H groups in total. The summed E-state index contributed by atoms with van der Waals surface area (Å²) in [6.07, 6.45) is 3.59. The zero-order valence-corrected chi connectivity index (χ0v) is 16.6. The smallest absolute Gasteiger partial charge is 0.251 e. The summed E-state index contributed by atoms with van der Waals surface area (Å²) in [5.74, 6) is -1.53. The lowest BCUT2D eigenvalue weighted by Gasteiger charge is -2.20. The third-order valence-electron chi connectivity index (χ3n) is 4.08. The highest BCUT2D eigenvalue weighted by molar-refractivity contribution is 7.98. The van der Waals surface area contributed by atoms with E-state index in [9.17, 15) is 23.1 Å². The molecule has 1 atom stereocenters. The molecule has 26 heavy (non-hydrogen) atoms. The number of hydrogen-bond donors (Lipinski definition) is 1. The SMILES string of the molecule is CSCC[C@H](NC(=O)c1ccc(Cl)c(S(=O)(=O)N2CCCC2)c1)C(=O)[O-]. The number of halogens is 1. The fraction of sp³-hybridized carbons (Fsp3) is 0.500. The van der Waals surface area contributed by atoms with Crippen LogP contribution in [-0.4, -0.2) is 55.7 Å². The van der Waals surface area contributed by atoms with Crippen molar-refractivity contribution in [2.75, 3.05) is 25.1 Å². The maximum atomic E-state index is 12.7. The summed E-state index contributed by atoms with van der Waals surface area (Å²) in [4.78, 5) is 23.4. The van der Waals surface area contributed by atoms with Crippen LogP contribution in [-0.2, 0) is 14.8 Å². The van der Waals surface area contributed by atoms with Crippen LogP contribution in [0.1, 0.15) is 29.6 Å². The topological polar surface area (TPSA) is 107 Å². The average molecular weight is 420 g/mol. The molecular formula is C16H20ClN2O5S2-. The second-order valence-corrected chi connectivity index (χ2v) is 9.18. The maximum Gasteiger partial charge on any atom is 0.251 e. The second-order valence-electron chi connectivity index (χ2n) is 5.88. The van der Waals surface area contributed by atoms with Crippen molar-refractivity contribution in [2.24, 2.45) is 0 Å². The first-order valence-electron chi connectivity index (χ1n) is 8.07. The highest BCUT2D eigenvalue weighted by Gasteiger charge is 2.30. The molecule has 1 amide bonds. The minimum atomic E-state index is -3.79. The van der Waals surface area contributed by atoms with Gasteiger partial charge in [0.15, 0.2) is 0 Å². The van der Waals surface area contributed by atoms with E-state index in [1.807, 2.05) is 6.26 Å². The molecule has 0 aliphatic carbocycles. The number of amides is 1. The van der Waals surface area contributed by atoms with Crippen molar-refractivity contribution in [1.29, 1.82) is 0 Å². The quantitative estimate of drug-likeness (QED) is 0.665. The van der Waals surface area contributed by atoms with Crippen molar-refractivity contribution in [3.05, 3.63) is 28.8 Å². The summed E-state index contributed by atoms with van der Waals surface area (Å²) < 4.78 is 26.7. The van der Waals surface area contributed by atoms with Crippen LogP contribution in [0.15, 0.2) is 23.1 Å². The lowest BCUT2D eigenvalue weighted by molar-refractivity contribution is -0.308. The predicted octanol–water partition coefficient (Wildman–Crippen LogP) is 0.726. The summed E-state index contributed by atoms with van der Waals surface area (Å²) in [7, 11) is -3.79. The number of aliphatic carboxylic acids is 1. The molecule has 0 spiro atoms. The number of carboxylic acids is 1. The van der Waals surface area contributed by atoms with Crippen LogP contribution in [0.3, 0.4) is 0 Å². The van der Waals surface area contributed by atoms with E-state index >= 15 is 0 Å². The van der Waals surface area contributed by atoms with Gasteiger partial charge in [0.05, 0.1) is 17.0 Å². The number of nitrogens with zero attached hydrogens (tertiary/aromatic N) is 1. The molecule has 0 radical (unpaired) electrons. The number of carboxylic acid groups (broad SMARTS) is 1. The van der Waals surface area contributed by atoms with E-state index in [-0.39, 0.29) is 21.9 Å². The zero-order valence-electron chi connectivity index (χ0n) is 14.2. The molecule has 1 aromatic carbocycles. The summed E-state index contributed by atoms with van der Waals surface area (Å²) in [5, 5.41) is 13.6. The summed E-state index contributed by atoms with van der Waals surface area (Å²) in [5.41, 5.74) is 0.0302. The molecule has 0 unspecified atom stereocenters. The highest BCUT2D eigenvalue weighted by atomic mass is 35.5. The molecule has 7 nitrogen and oxygen atoms in total. The van der Waals surface area contributed by atoms with Crippen molar-refractivity contribution in [3.8, 4) is 0 Å². The Morgan fingerprint density at radius 1 is 1.35 bits per heavy atom. The Balaban J connectivity index is 2.25. The van der Waals surface area contributed by atoms with E-state index in [0.29, 0.717) is 18.8 Å². The average Bonchev–Trinajstić information content (AvgIpc) is 3.13. The number of benzene rings is 1. The molecule has 2 rings (SSSR count). The fourth-order valence-electron chi connectivity index (χ4n) is 2.64. The molecular weight excluding hydrogens is 400 g/mol. The van der Waals surface area contributed by atoms with E-state index in [1.165, 1.54) is 34.3 Å². The van der Waals surface area contributed by atoms with Crippen LogP contribution in [0.5, 0.6) is 0 Å². The first-order chi connectivity index (χ1) is 12.3. The van der Waals surface area contributed by atoms with Gasteiger partial charge in [-0.05, 0) is 49.5 Å². The Hall–Kier alpha value is -1.29. The van der Waals surface area contributed by atoms with E-state index in [4.69, 9.17) is 11.6 Å². The van der Waals surface area contributed by atoms with Crippen LogP contribution >= 0.6 is 23.4 Å². The Bertz CT molecular complexity index is 779. The first kappa shape index (κ1) is 21.0. The zero-order chi connectivity index (χ0) is 19.3. The summed E-state index contributed by atoms with van der Waals surface area (Å²) in [6, 6.07) is 2.73. The standard InChI is InChI=1S/C16H21ClN2O5S2/c1-25-9-6-13(16(21)22)18-15(20)11-4-5-12(17)14(10-11)26(23,24)19-7-2-3-8-19/h4-5,10,13H,2-3,6-9H2,1H3,(H,18,20)(H,21,22)/p-1/t13-/m0/s1. The number of hydrogen-bond acceptors (Lipinski definition) is 6. The number of sulfonamides is 1. The number of carbonyl (C=O) groups is 2. The van der Waals surface area contributed by atoms with Crippen molar-refractivity contribution in [2.45, 2.75) is 30.2 Å². The molecule has 0 aromatic heterocycles. The van der Waals surface area contributed by atoms with Gasteiger partial charge in [-0.25, -0.2) is 8.42 Å². The van der Waals surface area contributed by atoms with Gasteiger partial charge in [0, 0.05) is 18.7 Å². The van der Waals surface area contributed by atoms with E-state index in [1.54, 1.807) is 0 Å². The monoisotopic (exact) mass is 419 g/mol. The molecule has 1 heterocycles. The Kier molecular flexibility index (Phi) is 7.33. The lowest BCUT2D eigenvalue weighted by atomic mass is 10.1. The largest absolute Gasteiger partial charge is 0.548 e. The van der Waals surface area contributed by atoms with Crippen LogP contribution < -0.4 is 10.4 Å². The van der Waals surface area contributed by atoms with E-state index in [0.717, 1.165) is 12.8 Å². The Morgan fingerprint density at radius 3 is 2.58 bits per heavy atom. The molecule has 0 bridgehead atoms. The number of carbonyl (C=O) groups excluding carboxylic acids is 2. The van der Waals surface area contributed by atoms with Crippen LogP contribution in [0.2, 0.25) is 5.02 Å². The van der Waals surface area contributed by atoms with Gasteiger partial charge >= 0.3 is 0 Å².